The van der Waals surface area contributed by atoms with Crippen molar-refractivity contribution in [3.05, 3.63) is 0 Å². The summed E-state index contributed by atoms with van der Waals surface area (Å²) in [6.07, 6.45) is 19.2. The van der Waals surface area contributed by atoms with Crippen LogP contribution < -0.4 is 4.89 Å². The number of hydrogen-bond donors (Lipinski definition) is 0. The fourth-order valence-electron chi connectivity index (χ4n) is 3.40. The van der Waals surface area contributed by atoms with E-state index in [9.17, 15) is 4.89 Å². The van der Waals surface area contributed by atoms with Crippen LogP contribution in [0.2, 0.25) is 0 Å². The molecular weight excluding hydrogens is 375 g/mol. The van der Waals surface area contributed by atoms with Gasteiger partial charge in [0.05, 0.1) is 12.7 Å². The lowest BCUT2D eigenvalue weighted by molar-refractivity contribution is -0.210. The van der Waals surface area contributed by atoms with Crippen LogP contribution in [0.25, 0.3) is 0 Å². The second kappa shape index (κ2) is 18.6. The van der Waals surface area contributed by atoms with Gasteiger partial charge in [0.25, 0.3) is 0 Å². The Morgan fingerprint density at radius 1 is 0.741 bits per heavy atom. The second-order valence-corrected chi connectivity index (χ2v) is 10.9. The molecule has 0 N–H and O–H groups in total. The van der Waals surface area contributed by atoms with E-state index in [4.69, 9.17) is 20.9 Å². The van der Waals surface area contributed by atoms with Gasteiger partial charge in [-0.05, 0) is 32.6 Å². The summed E-state index contributed by atoms with van der Waals surface area (Å²) in [6, 6.07) is 0. The van der Waals surface area contributed by atoms with Crippen LogP contribution in [0.5, 0.6) is 0 Å². The van der Waals surface area contributed by atoms with Gasteiger partial charge in [-0.25, -0.2) is 0 Å². The molecule has 0 aromatic rings. The molecule has 0 heterocycles. The van der Waals surface area contributed by atoms with Crippen LogP contribution in [0, 0.1) is 5.92 Å². The van der Waals surface area contributed by atoms with Gasteiger partial charge in [-0.3, -0.25) is 0 Å². The van der Waals surface area contributed by atoms with Crippen molar-refractivity contribution in [1.82, 2.24) is 0 Å². The second-order valence-electron chi connectivity index (χ2n) is 8.23. The summed E-state index contributed by atoms with van der Waals surface area (Å²) in [7, 11) is 0. The van der Waals surface area contributed by atoms with Gasteiger partial charge in [-0.1, -0.05) is 109 Å². The molecule has 0 fully saturated rings. The molecule has 0 aromatic carbocycles. The zero-order chi connectivity index (χ0) is 20.4. The van der Waals surface area contributed by atoms with Gasteiger partial charge in [0.2, 0.25) is 0 Å². The van der Waals surface area contributed by atoms with Crippen LogP contribution in [0.3, 0.4) is 0 Å². The van der Waals surface area contributed by atoms with Crippen molar-refractivity contribution in [1.29, 1.82) is 0 Å². The normalized spacial score (nSPS) is 15.2. The molecule has 0 spiro atoms. The van der Waals surface area contributed by atoms with Gasteiger partial charge in [-0.15, -0.1) is 0 Å². The number of rotatable bonds is 20. The molecule has 5 heteroatoms. The van der Waals surface area contributed by atoms with Crippen molar-refractivity contribution < 1.29 is 13.9 Å². The third-order valence-corrected chi connectivity index (χ3v) is 6.71. The standard InChI is InChI=1S/C22H47O3PS/c1-5-7-9-11-13-15-17-19-22(18-16-14-12-10-8-6-2)20-24-26(23,27)25-21(3)4/h21-22H,5-20H2,1-4H3,(H,23,27)/p-1. The fourth-order valence-corrected chi connectivity index (χ4v) is 5.07. The van der Waals surface area contributed by atoms with Gasteiger partial charge in [0, 0.05) is 0 Å². The fraction of sp³-hybridized carbons (Fsp3) is 1.00. The van der Waals surface area contributed by atoms with E-state index in [-0.39, 0.29) is 6.10 Å². The third kappa shape index (κ3) is 19.6. The molecular formula is C22H46O3PS-. The lowest BCUT2D eigenvalue weighted by atomic mass is 9.95. The van der Waals surface area contributed by atoms with Gasteiger partial charge in [0.15, 0.2) is 0 Å². The molecule has 0 aromatic heterocycles. The van der Waals surface area contributed by atoms with E-state index in [0.29, 0.717) is 12.5 Å². The number of unbranched alkanes of at least 4 members (excludes halogenated alkanes) is 11. The molecule has 2 atom stereocenters. The first-order valence-corrected chi connectivity index (χ1v) is 14.1. The minimum atomic E-state index is -3.33. The summed E-state index contributed by atoms with van der Waals surface area (Å²) in [5.74, 6) is 0.457. The molecule has 0 saturated heterocycles. The van der Waals surface area contributed by atoms with Crippen molar-refractivity contribution in [2.24, 2.45) is 5.92 Å². The van der Waals surface area contributed by atoms with E-state index in [1.807, 2.05) is 13.8 Å². The summed E-state index contributed by atoms with van der Waals surface area (Å²) in [6.45, 7) is 5.35. The van der Waals surface area contributed by atoms with E-state index in [0.717, 1.165) is 12.8 Å². The van der Waals surface area contributed by atoms with Gasteiger partial charge >= 0.3 is 0 Å². The average Bonchev–Trinajstić information content (AvgIpc) is 2.60. The Morgan fingerprint density at radius 2 is 1.15 bits per heavy atom. The molecule has 0 amide bonds. The Hall–Kier alpha value is 0.530. The maximum absolute atomic E-state index is 12.2. The average molecular weight is 422 g/mol. The first-order valence-electron chi connectivity index (χ1n) is 11.5. The Morgan fingerprint density at radius 3 is 1.56 bits per heavy atom. The largest absolute Gasteiger partial charge is 0.780 e. The molecule has 0 aliphatic heterocycles. The molecule has 27 heavy (non-hydrogen) atoms. The Balaban J connectivity index is 4.14. The summed E-state index contributed by atoms with van der Waals surface area (Å²) in [5.41, 5.74) is 0. The minimum absolute atomic E-state index is 0.159. The van der Waals surface area contributed by atoms with E-state index >= 15 is 0 Å². The third-order valence-electron chi connectivity index (χ3n) is 4.99. The maximum atomic E-state index is 12.2. The van der Waals surface area contributed by atoms with E-state index < -0.39 is 6.72 Å². The van der Waals surface area contributed by atoms with Crippen molar-refractivity contribution in [3.8, 4) is 0 Å². The number of hydrogen-bond acceptors (Lipinski definition) is 4. The summed E-state index contributed by atoms with van der Waals surface area (Å²) in [4.78, 5) is 12.2. The SMILES string of the molecule is CCCCCCCCCC(CCCCCCCC)COP([O-])(=S)OC(C)C. The highest BCUT2D eigenvalue weighted by Gasteiger charge is 2.13. The van der Waals surface area contributed by atoms with Gasteiger partial charge in [0.1, 0.15) is 6.72 Å². The van der Waals surface area contributed by atoms with Gasteiger partial charge < -0.3 is 13.9 Å². The Bertz CT molecular complexity index is 363. The van der Waals surface area contributed by atoms with Crippen LogP contribution in [0.15, 0.2) is 0 Å². The predicted octanol–water partition coefficient (Wildman–Crippen LogP) is 7.52. The molecule has 2 unspecified atom stereocenters. The van der Waals surface area contributed by atoms with E-state index in [2.05, 4.69) is 13.8 Å². The molecule has 0 radical (unpaired) electrons. The lowest BCUT2D eigenvalue weighted by Gasteiger charge is -2.31. The zero-order valence-electron chi connectivity index (χ0n) is 18.5. The highest BCUT2D eigenvalue weighted by atomic mass is 32.5. The van der Waals surface area contributed by atoms with Crippen molar-refractivity contribution in [2.75, 3.05) is 6.61 Å². The molecule has 0 saturated carbocycles. The van der Waals surface area contributed by atoms with Crippen LogP contribution >= 0.6 is 6.72 Å². The molecule has 0 bridgehead atoms. The zero-order valence-corrected chi connectivity index (χ0v) is 20.3. The molecule has 0 rings (SSSR count). The van der Waals surface area contributed by atoms with Crippen LogP contribution in [0.1, 0.15) is 124 Å². The Kier molecular flexibility index (Phi) is 18.9. The maximum Gasteiger partial charge on any atom is 0.115 e. The van der Waals surface area contributed by atoms with E-state index in [1.165, 1.54) is 83.5 Å². The topological polar surface area (TPSA) is 41.5 Å². The lowest BCUT2D eigenvalue weighted by Crippen LogP contribution is -2.17. The molecule has 164 valence electrons. The van der Waals surface area contributed by atoms with E-state index in [1.54, 1.807) is 0 Å². The summed E-state index contributed by atoms with van der Waals surface area (Å²) in [5, 5.41) is 0. The van der Waals surface area contributed by atoms with Crippen molar-refractivity contribution >= 4 is 18.5 Å². The van der Waals surface area contributed by atoms with Crippen molar-refractivity contribution in [2.45, 2.75) is 130 Å². The highest BCUT2D eigenvalue weighted by molar-refractivity contribution is 8.06. The smallest absolute Gasteiger partial charge is 0.115 e. The first kappa shape index (κ1) is 27.5. The predicted molar refractivity (Wildman–Crippen MR) is 121 cm³/mol. The van der Waals surface area contributed by atoms with Crippen LogP contribution in [-0.2, 0) is 20.9 Å². The minimum Gasteiger partial charge on any atom is -0.780 e. The molecule has 0 aliphatic rings. The molecule has 0 aliphatic carbocycles. The summed E-state index contributed by atoms with van der Waals surface area (Å²) >= 11 is 5.03. The van der Waals surface area contributed by atoms with Gasteiger partial charge in [-0.2, -0.15) is 0 Å². The highest BCUT2D eigenvalue weighted by Crippen LogP contribution is 2.41. The quantitative estimate of drug-likeness (QED) is 0.150. The Labute approximate surface area is 175 Å². The van der Waals surface area contributed by atoms with Crippen molar-refractivity contribution in [3.63, 3.8) is 0 Å². The first-order chi connectivity index (χ1) is 12.9. The molecule has 3 nitrogen and oxygen atoms in total. The van der Waals surface area contributed by atoms with Crippen LogP contribution in [0.4, 0.5) is 0 Å². The summed E-state index contributed by atoms with van der Waals surface area (Å²) < 4.78 is 10.8. The monoisotopic (exact) mass is 421 g/mol. The van der Waals surface area contributed by atoms with Crippen LogP contribution in [-0.4, -0.2) is 12.7 Å².